The van der Waals surface area contributed by atoms with E-state index in [0.29, 0.717) is 21.4 Å². The van der Waals surface area contributed by atoms with Crippen molar-refractivity contribution < 1.29 is 27.5 Å². The molecule has 1 aliphatic rings. The Balaban J connectivity index is 1.62. The molecular weight excluding hydrogens is 697 g/mol. The Kier molecular flexibility index (Phi) is 12.3. The van der Waals surface area contributed by atoms with Gasteiger partial charge in [-0.2, -0.15) is 0 Å². The molecule has 2 amide bonds. The van der Waals surface area contributed by atoms with E-state index >= 15 is 0 Å². The predicted molar refractivity (Wildman–Crippen MR) is 197 cm³/mol. The lowest BCUT2D eigenvalue weighted by atomic mass is 10.0. The third kappa shape index (κ3) is 8.72. The minimum Gasteiger partial charge on any atom is -0.493 e. The number of halogens is 2. The quantitative estimate of drug-likeness (QED) is 0.147. The third-order valence-electron chi connectivity index (χ3n) is 8.91. The predicted octanol–water partition coefficient (Wildman–Crippen LogP) is 7.21. The number of anilines is 1. The highest BCUT2D eigenvalue weighted by Crippen LogP contribution is 2.35. The molecule has 1 N–H and O–H groups in total. The maximum Gasteiger partial charge on any atom is 0.264 e. The highest BCUT2D eigenvalue weighted by atomic mass is 35.5. The molecule has 1 atom stereocenters. The van der Waals surface area contributed by atoms with Gasteiger partial charge >= 0.3 is 0 Å². The van der Waals surface area contributed by atoms with E-state index in [9.17, 15) is 18.0 Å². The molecule has 0 aliphatic heterocycles. The van der Waals surface area contributed by atoms with Crippen molar-refractivity contribution >= 4 is 50.7 Å². The van der Waals surface area contributed by atoms with E-state index in [4.69, 9.17) is 32.7 Å². The summed E-state index contributed by atoms with van der Waals surface area (Å²) in [6.45, 7) is 1.07. The van der Waals surface area contributed by atoms with Gasteiger partial charge in [0.05, 0.1) is 24.8 Å². The fourth-order valence-corrected chi connectivity index (χ4v) is 8.04. The lowest BCUT2D eigenvalue weighted by Gasteiger charge is -2.34. The first-order valence-corrected chi connectivity index (χ1v) is 18.6. The van der Waals surface area contributed by atoms with Crippen LogP contribution in [0.4, 0.5) is 5.69 Å². The number of methoxy groups -OCH3 is 2. The van der Waals surface area contributed by atoms with Gasteiger partial charge in [0.1, 0.15) is 12.6 Å². The Hall–Kier alpha value is -4.25. The minimum absolute atomic E-state index is 0.00815. The smallest absolute Gasteiger partial charge is 0.264 e. The molecular formula is C38H41Cl2N3O6S. The zero-order chi connectivity index (χ0) is 35.8. The summed E-state index contributed by atoms with van der Waals surface area (Å²) in [6, 6.07) is 24.4. The van der Waals surface area contributed by atoms with Gasteiger partial charge in [-0.05, 0) is 61.7 Å². The van der Waals surface area contributed by atoms with Gasteiger partial charge in [0.25, 0.3) is 10.0 Å². The first kappa shape index (κ1) is 37.0. The second-order valence-corrected chi connectivity index (χ2v) is 15.0. The van der Waals surface area contributed by atoms with Crippen molar-refractivity contribution in [3.05, 3.63) is 118 Å². The second-order valence-electron chi connectivity index (χ2n) is 12.3. The summed E-state index contributed by atoms with van der Waals surface area (Å²) in [5.41, 5.74) is 2.31. The fourth-order valence-electron chi connectivity index (χ4n) is 6.12. The van der Waals surface area contributed by atoms with Crippen LogP contribution < -0.4 is 19.1 Å². The van der Waals surface area contributed by atoms with Gasteiger partial charge in [-0.15, -0.1) is 0 Å². The van der Waals surface area contributed by atoms with E-state index in [1.54, 1.807) is 42.5 Å². The van der Waals surface area contributed by atoms with Crippen molar-refractivity contribution in [2.24, 2.45) is 0 Å². The van der Waals surface area contributed by atoms with E-state index in [2.05, 4.69) is 5.32 Å². The van der Waals surface area contributed by atoms with Crippen LogP contribution in [0.5, 0.6) is 11.5 Å². The maximum absolute atomic E-state index is 14.8. The van der Waals surface area contributed by atoms with E-state index in [0.717, 1.165) is 41.1 Å². The molecule has 0 unspecified atom stereocenters. The SMILES string of the molecule is COc1ccc(N(CC(=O)N(Cc2c(Cl)cccc2Cl)[C@H](Cc2ccccc2)C(=O)NC2CCCC2)S(=O)(=O)c2ccc(C)cc2)cc1OC. The second kappa shape index (κ2) is 16.6. The zero-order valence-corrected chi connectivity index (χ0v) is 30.6. The number of carbonyl (C=O) groups is 2. The largest absolute Gasteiger partial charge is 0.493 e. The summed E-state index contributed by atoms with van der Waals surface area (Å²) in [7, 11) is -1.40. The van der Waals surface area contributed by atoms with E-state index in [1.807, 2.05) is 37.3 Å². The van der Waals surface area contributed by atoms with Crippen LogP contribution in [0.25, 0.3) is 0 Å². The number of hydrogen-bond acceptors (Lipinski definition) is 6. The Morgan fingerprint density at radius 3 is 2.12 bits per heavy atom. The monoisotopic (exact) mass is 737 g/mol. The summed E-state index contributed by atoms with van der Waals surface area (Å²) >= 11 is 13.3. The topological polar surface area (TPSA) is 105 Å². The van der Waals surface area contributed by atoms with E-state index in [1.165, 1.54) is 37.3 Å². The summed E-state index contributed by atoms with van der Waals surface area (Å²) in [5.74, 6) is -0.304. The number of aryl methyl sites for hydroxylation is 1. The number of amides is 2. The number of sulfonamides is 1. The molecule has 9 nitrogen and oxygen atoms in total. The fraction of sp³-hybridized carbons (Fsp3) is 0.316. The van der Waals surface area contributed by atoms with E-state index in [-0.39, 0.29) is 41.2 Å². The number of nitrogens with zero attached hydrogens (tertiary/aromatic N) is 2. The highest BCUT2D eigenvalue weighted by molar-refractivity contribution is 7.92. The van der Waals surface area contributed by atoms with Crippen LogP contribution in [0, 0.1) is 6.92 Å². The molecule has 1 fully saturated rings. The Morgan fingerprint density at radius 2 is 1.50 bits per heavy atom. The maximum atomic E-state index is 14.8. The van der Waals surface area contributed by atoms with Crippen LogP contribution in [0.1, 0.15) is 42.4 Å². The lowest BCUT2D eigenvalue weighted by Crippen LogP contribution is -2.54. The van der Waals surface area contributed by atoms with Gasteiger partial charge in [0, 0.05) is 40.7 Å². The normalized spacial score (nSPS) is 13.8. The molecule has 12 heteroatoms. The van der Waals surface area contributed by atoms with Crippen molar-refractivity contribution in [1.29, 1.82) is 0 Å². The Morgan fingerprint density at radius 1 is 0.860 bits per heavy atom. The van der Waals surface area contributed by atoms with E-state index < -0.39 is 28.5 Å². The summed E-state index contributed by atoms with van der Waals surface area (Å²) in [5, 5.41) is 3.79. The first-order chi connectivity index (χ1) is 24.0. The van der Waals surface area contributed by atoms with Crippen LogP contribution in [-0.4, -0.2) is 58.0 Å². The molecule has 4 aromatic rings. The molecule has 5 rings (SSSR count). The standard InChI is InChI=1S/C38H41Cl2N3O6S/c1-26-16-19-30(20-17-26)50(46,47)43(29-18-21-35(48-2)36(23-29)49-3)25-37(44)42(24-31-32(39)14-9-15-33(31)40)34(22-27-10-5-4-6-11-27)38(45)41-28-12-7-8-13-28/h4-6,9-11,14-21,23,28,34H,7-8,12-13,22,24-25H2,1-3H3,(H,41,45)/t34-/m1/s1. The molecule has 0 saturated heterocycles. The van der Waals surface area contributed by atoms with Crippen molar-refractivity contribution in [3.63, 3.8) is 0 Å². The number of benzene rings is 4. The van der Waals surface area contributed by atoms with Crippen LogP contribution in [-0.2, 0) is 32.6 Å². The summed E-state index contributed by atoms with van der Waals surface area (Å²) in [4.78, 5) is 30.5. The number of ether oxygens (including phenoxy) is 2. The number of nitrogens with one attached hydrogen (secondary N) is 1. The molecule has 0 radical (unpaired) electrons. The van der Waals surface area contributed by atoms with Gasteiger partial charge in [-0.25, -0.2) is 8.42 Å². The van der Waals surface area contributed by atoms with Crippen LogP contribution in [0.3, 0.4) is 0 Å². The summed E-state index contributed by atoms with van der Waals surface area (Å²) < 4.78 is 40.7. The molecule has 0 aromatic heterocycles. The molecule has 0 spiro atoms. The van der Waals surface area contributed by atoms with Crippen LogP contribution >= 0.6 is 23.2 Å². The van der Waals surface area contributed by atoms with Crippen LogP contribution in [0.2, 0.25) is 10.0 Å². The Labute approximate surface area is 304 Å². The first-order valence-electron chi connectivity index (χ1n) is 16.4. The molecule has 264 valence electrons. The molecule has 1 aliphatic carbocycles. The number of rotatable bonds is 14. The number of carbonyl (C=O) groups excluding carboxylic acids is 2. The summed E-state index contributed by atoms with van der Waals surface area (Å²) in [6.07, 6.45) is 3.87. The number of hydrogen-bond donors (Lipinski definition) is 1. The average Bonchev–Trinajstić information content (AvgIpc) is 3.63. The molecule has 4 aromatic carbocycles. The van der Waals surface area contributed by atoms with Crippen LogP contribution in [0.15, 0.2) is 95.9 Å². The molecule has 1 saturated carbocycles. The lowest BCUT2D eigenvalue weighted by molar-refractivity contribution is -0.140. The van der Waals surface area contributed by atoms with Gasteiger partial charge in [0.2, 0.25) is 11.8 Å². The van der Waals surface area contributed by atoms with Gasteiger partial charge in [0.15, 0.2) is 11.5 Å². The van der Waals surface area contributed by atoms with Crippen molar-refractivity contribution in [2.75, 3.05) is 25.1 Å². The zero-order valence-electron chi connectivity index (χ0n) is 28.3. The third-order valence-corrected chi connectivity index (χ3v) is 11.4. The Bertz CT molecular complexity index is 1880. The highest BCUT2D eigenvalue weighted by Gasteiger charge is 2.36. The minimum atomic E-state index is -4.32. The molecule has 0 heterocycles. The molecule has 0 bridgehead atoms. The van der Waals surface area contributed by atoms with Crippen molar-refractivity contribution in [3.8, 4) is 11.5 Å². The van der Waals surface area contributed by atoms with Crippen molar-refractivity contribution in [1.82, 2.24) is 10.2 Å². The van der Waals surface area contributed by atoms with Gasteiger partial charge in [-0.1, -0.05) is 90.1 Å². The van der Waals surface area contributed by atoms with Crippen molar-refractivity contribution in [2.45, 2.75) is 62.6 Å². The van der Waals surface area contributed by atoms with Gasteiger partial charge < -0.3 is 19.7 Å². The molecule has 50 heavy (non-hydrogen) atoms. The van der Waals surface area contributed by atoms with Gasteiger partial charge in [-0.3, -0.25) is 13.9 Å². The average molecular weight is 739 g/mol.